The second kappa shape index (κ2) is 7.94. The molecule has 0 heterocycles. The van der Waals surface area contributed by atoms with Crippen LogP contribution in [0.25, 0.3) is 11.1 Å². The van der Waals surface area contributed by atoms with Gasteiger partial charge >= 0.3 is 24.8 Å². The quantitative estimate of drug-likeness (QED) is 0.421. The Labute approximate surface area is 135 Å². The molecule has 0 radical (unpaired) electrons. The zero-order chi connectivity index (χ0) is 14.2. The van der Waals surface area contributed by atoms with Gasteiger partial charge in [0.25, 0.3) is 0 Å². The van der Waals surface area contributed by atoms with Gasteiger partial charge in [-0.1, -0.05) is 35.4 Å². The molecule has 2 aliphatic rings. The first-order valence-corrected chi connectivity index (χ1v) is 7.70. The molecule has 4 rings (SSSR count). The van der Waals surface area contributed by atoms with E-state index in [1.807, 2.05) is 18.2 Å². The summed E-state index contributed by atoms with van der Waals surface area (Å²) in [5.41, 5.74) is 5.51. The predicted molar refractivity (Wildman–Crippen MR) is 84.4 cm³/mol. The van der Waals surface area contributed by atoms with Gasteiger partial charge in [0.1, 0.15) is 0 Å². The average molecular weight is 294 g/mol. The molecule has 0 N–H and O–H groups in total. The third-order valence-electron chi connectivity index (χ3n) is 3.20. The van der Waals surface area contributed by atoms with Crippen molar-refractivity contribution in [1.29, 1.82) is 0 Å². The first kappa shape index (κ1) is 14.9. The zero-order valence-electron chi connectivity index (χ0n) is 13.4. The van der Waals surface area contributed by atoms with Gasteiger partial charge in [-0.3, -0.25) is 6.08 Å². The Morgan fingerprint density at radius 1 is 1.05 bits per heavy atom. The first-order chi connectivity index (χ1) is 9.95. The van der Waals surface area contributed by atoms with Crippen LogP contribution in [0, 0.1) is 12.1 Å². The third kappa shape index (κ3) is 3.53. The smallest absolute Gasteiger partial charge is 0.0253 e. The van der Waals surface area contributed by atoms with Gasteiger partial charge < -0.3 is 2.85 Å². The van der Waals surface area contributed by atoms with Crippen LogP contribution in [0.5, 0.6) is 0 Å². The Kier molecular flexibility index (Phi) is 5.92. The van der Waals surface area contributed by atoms with Crippen LogP contribution in [0.15, 0.2) is 60.7 Å². The molecule has 0 unspecified atom stereocenters. The van der Waals surface area contributed by atoms with Gasteiger partial charge in [-0.2, -0.15) is 35.9 Å². The Hall–Kier alpha value is -1.50. The molecule has 0 saturated heterocycles. The summed E-state index contributed by atoms with van der Waals surface area (Å²) < 4.78 is 0. The van der Waals surface area contributed by atoms with Crippen LogP contribution in [0.4, 0.5) is 0 Å². The molecule has 0 saturated carbocycles. The maximum absolute atomic E-state index is 3.30. The van der Waals surface area contributed by atoms with Crippen molar-refractivity contribution in [2.75, 3.05) is 0 Å². The maximum Gasteiger partial charge on any atom is -0.0253 e. The topological polar surface area (TPSA) is 0 Å². The molecule has 100 valence electrons. The normalized spacial score (nSPS) is 12.7. The molecule has 2 aliphatic carbocycles. The van der Waals surface area contributed by atoms with Gasteiger partial charge in [0.15, 0.2) is 0 Å². The SMILES string of the molecule is [C-]1=CC=CC1.[CH2]=[Ti+2].[H-].[H-].[c-]1cccc2c1Cc1ccccc1-2. The van der Waals surface area contributed by atoms with Gasteiger partial charge in [-0.05, 0) is 6.42 Å². The molecule has 20 heavy (non-hydrogen) atoms. The summed E-state index contributed by atoms with van der Waals surface area (Å²) in [5, 5.41) is 0. The summed E-state index contributed by atoms with van der Waals surface area (Å²) in [7, 11) is 0. The number of fused-ring (bicyclic) bond motifs is 3. The Bertz CT molecular complexity index is 579. The summed E-state index contributed by atoms with van der Waals surface area (Å²) in [6, 6.07) is 18.1. The molecular formula is C19H18Ti-2. The van der Waals surface area contributed by atoms with E-state index >= 15 is 0 Å². The molecule has 0 aromatic heterocycles. The van der Waals surface area contributed by atoms with E-state index in [4.69, 9.17) is 0 Å². The van der Waals surface area contributed by atoms with Crippen molar-refractivity contribution >= 4 is 4.82 Å². The van der Waals surface area contributed by atoms with Crippen LogP contribution >= 0.6 is 0 Å². The molecule has 0 nitrogen and oxygen atoms in total. The van der Waals surface area contributed by atoms with Crippen molar-refractivity contribution in [2.45, 2.75) is 12.8 Å². The van der Waals surface area contributed by atoms with E-state index in [0.29, 0.717) is 0 Å². The van der Waals surface area contributed by atoms with E-state index < -0.39 is 0 Å². The van der Waals surface area contributed by atoms with Crippen molar-refractivity contribution in [1.82, 2.24) is 0 Å². The Morgan fingerprint density at radius 3 is 2.55 bits per heavy atom. The minimum absolute atomic E-state index is 0. The van der Waals surface area contributed by atoms with Crippen molar-refractivity contribution in [2.24, 2.45) is 0 Å². The molecule has 0 amide bonds. The second-order valence-electron chi connectivity index (χ2n) is 4.40. The van der Waals surface area contributed by atoms with Gasteiger partial charge in [0.05, 0.1) is 0 Å². The van der Waals surface area contributed by atoms with Gasteiger partial charge in [0, 0.05) is 0 Å². The predicted octanol–water partition coefficient (Wildman–Crippen LogP) is 4.55. The summed E-state index contributed by atoms with van der Waals surface area (Å²) in [6.45, 7) is 0. The summed E-state index contributed by atoms with van der Waals surface area (Å²) in [6.07, 6.45) is 11.0. The summed E-state index contributed by atoms with van der Waals surface area (Å²) in [5.74, 6) is 0. The monoisotopic (exact) mass is 294 g/mol. The molecule has 0 fully saturated rings. The second-order valence-corrected chi connectivity index (χ2v) is 4.40. The van der Waals surface area contributed by atoms with Crippen LogP contribution in [-0.2, 0) is 26.4 Å². The van der Waals surface area contributed by atoms with Gasteiger partial charge in [-0.15, -0.1) is 12.0 Å². The fourth-order valence-electron chi connectivity index (χ4n) is 2.34. The minimum atomic E-state index is 0. The number of hydrogen-bond donors (Lipinski definition) is 0. The van der Waals surface area contributed by atoms with Crippen molar-refractivity contribution in [3.05, 3.63) is 84.0 Å². The summed E-state index contributed by atoms with van der Waals surface area (Å²) in [4.78, 5) is 3.25. The van der Waals surface area contributed by atoms with Gasteiger partial charge in [-0.25, -0.2) is 12.2 Å². The first-order valence-electron chi connectivity index (χ1n) is 6.60. The fourth-order valence-corrected chi connectivity index (χ4v) is 2.34. The van der Waals surface area contributed by atoms with Crippen LogP contribution in [0.3, 0.4) is 0 Å². The van der Waals surface area contributed by atoms with Crippen LogP contribution in [0.1, 0.15) is 20.4 Å². The van der Waals surface area contributed by atoms with Crippen molar-refractivity contribution < 1.29 is 22.8 Å². The van der Waals surface area contributed by atoms with E-state index in [2.05, 4.69) is 59.4 Å². The van der Waals surface area contributed by atoms with Crippen molar-refractivity contribution in [3.63, 3.8) is 0 Å². The Morgan fingerprint density at radius 2 is 1.85 bits per heavy atom. The van der Waals surface area contributed by atoms with E-state index in [1.54, 1.807) is 20.0 Å². The molecule has 0 atom stereocenters. The largest absolute Gasteiger partial charge is 1.00 e. The van der Waals surface area contributed by atoms with Gasteiger partial charge in [0.2, 0.25) is 0 Å². The molecule has 1 heteroatoms. The van der Waals surface area contributed by atoms with E-state index in [0.717, 1.165) is 12.8 Å². The van der Waals surface area contributed by atoms with E-state index in [-0.39, 0.29) is 2.85 Å². The minimum Gasteiger partial charge on any atom is -1.00 e. The average Bonchev–Trinajstić information content (AvgIpc) is 3.20. The zero-order valence-corrected chi connectivity index (χ0v) is 13.0. The summed E-state index contributed by atoms with van der Waals surface area (Å²) >= 11 is 1.75. The van der Waals surface area contributed by atoms with Crippen LogP contribution in [0.2, 0.25) is 0 Å². The number of benzene rings is 2. The molecule has 0 bridgehead atoms. The Balaban J connectivity index is 0.000000422. The number of allylic oxidation sites excluding steroid dienone is 4. The number of hydrogen-bond acceptors (Lipinski definition) is 0. The molecule has 2 aromatic rings. The standard InChI is InChI=1S/C13H9.C5H5.CH2.Ti.2H/c1-3-7-12-10(5-1)9-11-6-2-4-8-13(11)12;1-2-4-5-3-1;;;;/h1-5,7-8H,9H2;1-3H,4H2;1H2;;;/q2*-1;;+2;2*-1. The molecule has 0 aliphatic heterocycles. The fraction of sp³-hybridized carbons (Fsp3) is 0.105. The van der Waals surface area contributed by atoms with Crippen LogP contribution < -0.4 is 0 Å². The van der Waals surface area contributed by atoms with E-state index in [1.165, 1.54) is 22.3 Å². The molecule has 2 aromatic carbocycles. The molecular weight excluding hydrogens is 276 g/mol. The van der Waals surface area contributed by atoms with E-state index in [9.17, 15) is 0 Å². The maximum atomic E-state index is 3.30. The molecule has 0 spiro atoms. The van der Waals surface area contributed by atoms with Crippen molar-refractivity contribution in [3.8, 4) is 11.1 Å². The number of rotatable bonds is 0. The third-order valence-corrected chi connectivity index (χ3v) is 3.20. The van der Waals surface area contributed by atoms with Crippen LogP contribution in [-0.4, -0.2) is 4.82 Å².